The highest BCUT2D eigenvalue weighted by Crippen LogP contribution is 2.02. The normalized spacial score (nSPS) is 11.9. The van der Waals surface area contributed by atoms with E-state index in [1.54, 1.807) is 0 Å². The molecule has 0 aromatic heterocycles. The van der Waals surface area contributed by atoms with Gasteiger partial charge in [0.1, 0.15) is 5.82 Å². The molecule has 6 heteroatoms. The van der Waals surface area contributed by atoms with Gasteiger partial charge in [0.05, 0.1) is 6.61 Å². The van der Waals surface area contributed by atoms with Crippen molar-refractivity contribution in [3.8, 4) is 0 Å². The number of amides is 1. The molecule has 0 aliphatic rings. The molecule has 1 aromatic carbocycles. The summed E-state index contributed by atoms with van der Waals surface area (Å²) in [4.78, 5) is 21.9. The Hall–Kier alpha value is -1.95. The Labute approximate surface area is 90.5 Å². The van der Waals surface area contributed by atoms with Gasteiger partial charge in [-0.3, -0.25) is 4.79 Å². The van der Waals surface area contributed by atoms with Crippen molar-refractivity contribution in [1.29, 1.82) is 0 Å². The van der Waals surface area contributed by atoms with E-state index in [0.717, 1.165) is 12.1 Å². The lowest BCUT2D eigenvalue weighted by molar-refractivity contribution is -0.140. The van der Waals surface area contributed by atoms with Gasteiger partial charge in [0.25, 0.3) is 5.91 Å². The van der Waals surface area contributed by atoms with Gasteiger partial charge in [-0.15, -0.1) is 0 Å². The summed E-state index contributed by atoms with van der Waals surface area (Å²) in [5.74, 6) is -2.51. The molecule has 1 rings (SSSR count). The van der Waals surface area contributed by atoms with E-state index < -0.39 is 30.3 Å². The number of benzene rings is 1. The number of carbonyl (C=O) groups excluding carboxylic acids is 1. The van der Waals surface area contributed by atoms with Gasteiger partial charge in [-0.25, -0.2) is 9.18 Å². The molecule has 1 aromatic rings. The molecular weight excluding hydrogens is 217 g/mol. The first-order chi connectivity index (χ1) is 7.54. The number of carbonyl (C=O) groups is 2. The van der Waals surface area contributed by atoms with Crippen molar-refractivity contribution >= 4 is 11.9 Å². The molecule has 0 bridgehead atoms. The largest absolute Gasteiger partial charge is 0.480 e. The summed E-state index contributed by atoms with van der Waals surface area (Å²) in [7, 11) is 0. The van der Waals surface area contributed by atoms with Crippen LogP contribution in [0.4, 0.5) is 4.39 Å². The maximum absolute atomic E-state index is 12.5. The molecular formula is C10H10FNO4. The molecule has 3 N–H and O–H groups in total. The predicted octanol–water partition coefficient (Wildman–Crippen LogP) is 0.001000. The van der Waals surface area contributed by atoms with Crippen LogP contribution in [-0.2, 0) is 4.79 Å². The highest BCUT2D eigenvalue weighted by atomic mass is 19.1. The van der Waals surface area contributed by atoms with Crippen molar-refractivity contribution in [2.45, 2.75) is 6.04 Å². The lowest BCUT2D eigenvalue weighted by Crippen LogP contribution is -2.43. The molecule has 1 amide bonds. The summed E-state index contributed by atoms with van der Waals surface area (Å²) in [6.45, 7) is -0.706. The monoisotopic (exact) mass is 227 g/mol. The van der Waals surface area contributed by atoms with E-state index in [1.165, 1.54) is 12.1 Å². The number of hydrogen-bond donors (Lipinski definition) is 3. The number of aliphatic carboxylic acids is 1. The van der Waals surface area contributed by atoms with Gasteiger partial charge < -0.3 is 15.5 Å². The maximum Gasteiger partial charge on any atom is 0.328 e. The van der Waals surface area contributed by atoms with Gasteiger partial charge >= 0.3 is 5.97 Å². The van der Waals surface area contributed by atoms with E-state index in [1.807, 2.05) is 0 Å². The summed E-state index contributed by atoms with van der Waals surface area (Å²) >= 11 is 0. The zero-order chi connectivity index (χ0) is 12.1. The summed E-state index contributed by atoms with van der Waals surface area (Å²) in [5, 5.41) is 19.4. The summed E-state index contributed by atoms with van der Waals surface area (Å²) in [5.41, 5.74) is 0.126. The average Bonchev–Trinajstić information content (AvgIpc) is 2.26. The van der Waals surface area contributed by atoms with Crippen molar-refractivity contribution in [3.05, 3.63) is 35.6 Å². The summed E-state index contributed by atoms with van der Waals surface area (Å²) < 4.78 is 12.5. The first-order valence-electron chi connectivity index (χ1n) is 4.44. The van der Waals surface area contributed by atoms with E-state index in [9.17, 15) is 14.0 Å². The van der Waals surface area contributed by atoms with Crippen molar-refractivity contribution in [2.24, 2.45) is 0 Å². The quantitative estimate of drug-likeness (QED) is 0.675. The molecule has 0 saturated carbocycles. The lowest BCUT2D eigenvalue weighted by Gasteiger charge is -2.11. The Morgan fingerprint density at radius 1 is 1.31 bits per heavy atom. The molecule has 0 fully saturated rings. The first kappa shape index (κ1) is 12.1. The van der Waals surface area contributed by atoms with E-state index in [-0.39, 0.29) is 5.56 Å². The smallest absolute Gasteiger partial charge is 0.328 e. The van der Waals surface area contributed by atoms with Crippen LogP contribution in [0.1, 0.15) is 10.4 Å². The number of hydrogen-bond acceptors (Lipinski definition) is 3. The van der Waals surface area contributed by atoms with Gasteiger partial charge in [-0.1, -0.05) is 0 Å². The number of halogens is 1. The molecule has 16 heavy (non-hydrogen) atoms. The van der Waals surface area contributed by atoms with E-state index in [0.29, 0.717) is 0 Å². The fourth-order valence-electron chi connectivity index (χ4n) is 1.03. The molecule has 0 saturated heterocycles. The topological polar surface area (TPSA) is 86.6 Å². The van der Waals surface area contributed by atoms with Crippen LogP contribution < -0.4 is 5.32 Å². The van der Waals surface area contributed by atoms with Crippen LogP contribution in [0.5, 0.6) is 0 Å². The molecule has 1 atom stereocenters. The highest BCUT2D eigenvalue weighted by Gasteiger charge is 2.19. The molecule has 0 aliphatic heterocycles. The minimum absolute atomic E-state index is 0.126. The van der Waals surface area contributed by atoms with Crippen LogP contribution in [-0.4, -0.2) is 34.7 Å². The van der Waals surface area contributed by atoms with Gasteiger partial charge in [0.15, 0.2) is 6.04 Å². The van der Waals surface area contributed by atoms with Crippen LogP contribution in [0.15, 0.2) is 24.3 Å². The Morgan fingerprint density at radius 3 is 2.31 bits per heavy atom. The van der Waals surface area contributed by atoms with Crippen molar-refractivity contribution in [2.75, 3.05) is 6.61 Å². The van der Waals surface area contributed by atoms with E-state index in [4.69, 9.17) is 10.2 Å². The van der Waals surface area contributed by atoms with Crippen molar-refractivity contribution in [3.63, 3.8) is 0 Å². The minimum Gasteiger partial charge on any atom is -0.480 e. The van der Waals surface area contributed by atoms with E-state index >= 15 is 0 Å². The molecule has 5 nitrogen and oxygen atoms in total. The van der Waals surface area contributed by atoms with E-state index in [2.05, 4.69) is 5.32 Å². The van der Waals surface area contributed by atoms with Crippen LogP contribution in [0.25, 0.3) is 0 Å². The van der Waals surface area contributed by atoms with Crippen LogP contribution in [0.3, 0.4) is 0 Å². The fourth-order valence-corrected chi connectivity index (χ4v) is 1.03. The van der Waals surface area contributed by atoms with Gasteiger partial charge in [-0.2, -0.15) is 0 Å². The molecule has 0 heterocycles. The van der Waals surface area contributed by atoms with Crippen LogP contribution in [0, 0.1) is 5.82 Å². The zero-order valence-corrected chi connectivity index (χ0v) is 8.18. The van der Waals surface area contributed by atoms with Gasteiger partial charge in [0.2, 0.25) is 0 Å². The SMILES string of the molecule is O=C(N[C@@H](CO)C(=O)O)c1ccc(F)cc1. The number of carboxylic acids is 1. The fraction of sp³-hybridized carbons (Fsp3) is 0.200. The average molecular weight is 227 g/mol. The minimum atomic E-state index is -1.36. The second-order valence-electron chi connectivity index (χ2n) is 3.05. The Bertz CT molecular complexity index is 390. The number of rotatable bonds is 4. The summed E-state index contributed by atoms with van der Waals surface area (Å²) in [6, 6.07) is 3.26. The highest BCUT2D eigenvalue weighted by molar-refractivity contribution is 5.96. The maximum atomic E-state index is 12.5. The Balaban J connectivity index is 2.71. The zero-order valence-electron chi connectivity index (χ0n) is 8.18. The van der Waals surface area contributed by atoms with Gasteiger partial charge in [-0.05, 0) is 24.3 Å². The van der Waals surface area contributed by atoms with Crippen molar-refractivity contribution in [1.82, 2.24) is 5.32 Å². The number of aliphatic hydroxyl groups is 1. The Morgan fingerprint density at radius 2 is 1.88 bits per heavy atom. The third-order valence-electron chi connectivity index (χ3n) is 1.89. The third-order valence-corrected chi connectivity index (χ3v) is 1.89. The standard InChI is InChI=1S/C10H10FNO4/c11-7-3-1-6(2-4-7)9(14)12-8(5-13)10(15)16/h1-4,8,13H,5H2,(H,12,14)(H,15,16)/t8-/m0/s1. The second kappa shape index (κ2) is 5.22. The molecule has 0 spiro atoms. The lowest BCUT2D eigenvalue weighted by atomic mass is 10.2. The summed E-state index contributed by atoms with van der Waals surface area (Å²) in [6.07, 6.45) is 0. The van der Waals surface area contributed by atoms with Crippen LogP contribution >= 0.6 is 0 Å². The second-order valence-corrected chi connectivity index (χ2v) is 3.05. The van der Waals surface area contributed by atoms with Crippen LogP contribution in [0.2, 0.25) is 0 Å². The number of aliphatic hydroxyl groups excluding tert-OH is 1. The number of nitrogens with one attached hydrogen (secondary N) is 1. The molecule has 86 valence electrons. The molecule has 0 aliphatic carbocycles. The third kappa shape index (κ3) is 3.03. The number of carboxylic acid groups (broad SMARTS) is 1. The van der Waals surface area contributed by atoms with Gasteiger partial charge in [0, 0.05) is 5.56 Å². The Kier molecular flexibility index (Phi) is 3.96. The molecule has 0 radical (unpaired) electrons. The molecule has 0 unspecified atom stereocenters. The van der Waals surface area contributed by atoms with Crippen molar-refractivity contribution < 1.29 is 24.2 Å². The predicted molar refractivity (Wildman–Crippen MR) is 52.4 cm³/mol. The first-order valence-corrected chi connectivity index (χ1v) is 4.44.